The van der Waals surface area contributed by atoms with Gasteiger partial charge < -0.3 is 9.72 Å². The highest BCUT2D eigenvalue weighted by Crippen LogP contribution is 2.45. The number of nitrogens with one attached hydrogen (secondary N) is 1. The van der Waals surface area contributed by atoms with Gasteiger partial charge in [-0.1, -0.05) is 30.0 Å². The number of methoxy groups -OCH3 is 1. The van der Waals surface area contributed by atoms with Crippen molar-refractivity contribution in [3.63, 3.8) is 0 Å². The first-order chi connectivity index (χ1) is 18.1. The van der Waals surface area contributed by atoms with Crippen LogP contribution in [0.5, 0.6) is 5.75 Å². The molecule has 192 valence electrons. The van der Waals surface area contributed by atoms with Crippen LogP contribution in [-0.4, -0.2) is 65.4 Å². The molecular weight excluding hydrogens is 500 g/mol. The maximum atomic E-state index is 12.5. The number of fused-ring (bicyclic) bond motifs is 3. The summed E-state index contributed by atoms with van der Waals surface area (Å²) in [4.78, 5) is 24.6. The lowest BCUT2D eigenvalue weighted by atomic mass is 9.96. The van der Waals surface area contributed by atoms with E-state index < -0.39 is 0 Å². The van der Waals surface area contributed by atoms with Crippen LogP contribution in [0.3, 0.4) is 0 Å². The van der Waals surface area contributed by atoms with E-state index in [0.29, 0.717) is 12.6 Å². The summed E-state index contributed by atoms with van der Waals surface area (Å²) >= 11 is 3.68. The van der Waals surface area contributed by atoms with Crippen molar-refractivity contribution in [1.82, 2.24) is 19.4 Å². The molecule has 0 bridgehead atoms. The van der Waals surface area contributed by atoms with Crippen LogP contribution in [-0.2, 0) is 13.0 Å². The van der Waals surface area contributed by atoms with Crippen LogP contribution in [0.25, 0.3) is 11.0 Å². The van der Waals surface area contributed by atoms with Crippen molar-refractivity contribution < 1.29 is 4.74 Å². The fraction of sp³-hybridized carbons (Fsp3) is 0.345. The molecule has 1 unspecified atom stereocenters. The molecule has 1 N–H and O–H groups in total. The summed E-state index contributed by atoms with van der Waals surface area (Å²) in [5.41, 5.74) is 4.69. The Bertz CT molecular complexity index is 1470. The number of hydrogen-bond acceptors (Lipinski definition) is 6. The van der Waals surface area contributed by atoms with Gasteiger partial charge in [0.25, 0.3) is 0 Å². The first kappa shape index (κ1) is 24.7. The average Bonchev–Trinajstić information content (AvgIpc) is 3.16. The standard InChI is InChI=1S/C29H32N4O2S2/c1-35-21-8-7-20-17-26(23-19-22(36-2)9-10-27(23)37-28(20)18-21)32-14-11-31(12-15-32)13-16-33-25-6-4-3-5-24(25)30-29(33)34/h3-10,18-19,26H,11-17H2,1-2H3,(H,30,34). The maximum Gasteiger partial charge on any atom is 0.326 e. The maximum absolute atomic E-state index is 12.5. The predicted octanol–water partition coefficient (Wildman–Crippen LogP) is 5.13. The minimum absolute atomic E-state index is 0.0210. The number of imidazole rings is 1. The molecule has 6 rings (SSSR count). The zero-order valence-electron chi connectivity index (χ0n) is 21.3. The number of thioether (sulfide) groups is 1. The average molecular weight is 533 g/mol. The normalized spacial score (nSPS) is 18.4. The van der Waals surface area contributed by atoms with Crippen molar-refractivity contribution in [1.29, 1.82) is 0 Å². The molecule has 1 fully saturated rings. The molecule has 1 aromatic heterocycles. The van der Waals surface area contributed by atoms with Crippen LogP contribution in [0, 0.1) is 0 Å². The van der Waals surface area contributed by atoms with Crippen LogP contribution in [0.4, 0.5) is 0 Å². The molecule has 1 saturated heterocycles. The van der Waals surface area contributed by atoms with Crippen molar-refractivity contribution in [2.24, 2.45) is 0 Å². The Kier molecular flexibility index (Phi) is 7.08. The molecule has 2 aliphatic rings. The van der Waals surface area contributed by atoms with Crippen LogP contribution < -0.4 is 10.4 Å². The Morgan fingerprint density at radius 1 is 1.00 bits per heavy atom. The van der Waals surface area contributed by atoms with E-state index in [4.69, 9.17) is 4.74 Å². The SMILES string of the molecule is COc1ccc2c(c1)Sc1ccc(SC)cc1C(N1CCN(CCn3c(=O)[nH]c4ccccc43)CC1)C2. The van der Waals surface area contributed by atoms with E-state index in [1.165, 1.54) is 25.8 Å². The van der Waals surface area contributed by atoms with Crippen LogP contribution in [0.2, 0.25) is 0 Å². The van der Waals surface area contributed by atoms with Gasteiger partial charge in [0.2, 0.25) is 0 Å². The topological polar surface area (TPSA) is 53.5 Å². The zero-order chi connectivity index (χ0) is 25.4. The van der Waals surface area contributed by atoms with Crippen LogP contribution in [0.1, 0.15) is 17.2 Å². The predicted molar refractivity (Wildman–Crippen MR) is 152 cm³/mol. The van der Waals surface area contributed by atoms with Gasteiger partial charge in [0.1, 0.15) is 5.75 Å². The number of ether oxygens (including phenoxy) is 1. The van der Waals surface area contributed by atoms with E-state index in [1.807, 2.05) is 52.4 Å². The van der Waals surface area contributed by atoms with Gasteiger partial charge in [-0.2, -0.15) is 0 Å². The van der Waals surface area contributed by atoms with Gasteiger partial charge in [0.15, 0.2) is 0 Å². The van der Waals surface area contributed by atoms with Crippen molar-refractivity contribution in [3.05, 3.63) is 82.3 Å². The van der Waals surface area contributed by atoms with Gasteiger partial charge in [-0.15, -0.1) is 11.8 Å². The summed E-state index contributed by atoms with van der Waals surface area (Å²) in [7, 11) is 1.74. The molecule has 8 heteroatoms. The molecule has 2 aliphatic heterocycles. The molecule has 0 amide bonds. The molecule has 4 aromatic rings. The van der Waals surface area contributed by atoms with Gasteiger partial charge in [-0.25, -0.2) is 4.79 Å². The van der Waals surface area contributed by atoms with Gasteiger partial charge in [-0.05, 0) is 66.3 Å². The lowest BCUT2D eigenvalue weighted by Crippen LogP contribution is -2.49. The third-order valence-corrected chi connectivity index (χ3v) is 9.57. The largest absolute Gasteiger partial charge is 0.497 e. The van der Waals surface area contributed by atoms with Crippen molar-refractivity contribution in [2.75, 3.05) is 46.1 Å². The highest BCUT2D eigenvalue weighted by molar-refractivity contribution is 7.99. The van der Waals surface area contributed by atoms with E-state index in [1.54, 1.807) is 7.11 Å². The van der Waals surface area contributed by atoms with E-state index in [9.17, 15) is 4.79 Å². The zero-order valence-corrected chi connectivity index (χ0v) is 22.9. The van der Waals surface area contributed by atoms with E-state index in [2.05, 4.69) is 57.4 Å². The molecule has 3 aromatic carbocycles. The molecular formula is C29H32N4O2S2. The minimum atomic E-state index is -0.0210. The number of rotatable bonds is 6. The summed E-state index contributed by atoms with van der Waals surface area (Å²) < 4.78 is 7.40. The molecule has 1 atom stereocenters. The summed E-state index contributed by atoms with van der Waals surface area (Å²) in [6.07, 6.45) is 3.15. The lowest BCUT2D eigenvalue weighted by molar-refractivity contribution is 0.0922. The first-order valence-electron chi connectivity index (χ1n) is 12.8. The number of H-pyrrole nitrogens is 1. The molecule has 0 saturated carbocycles. The second kappa shape index (κ2) is 10.6. The monoisotopic (exact) mass is 532 g/mol. The third kappa shape index (κ3) is 4.95. The molecule has 3 heterocycles. The van der Waals surface area contributed by atoms with E-state index in [0.717, 1.165) is 55.9 Å². The number of hydrogen-bond donors (Lipinski definition) is 1. The molecule has 6 nitrogen and oxygen atoms in total. The van der Waals surface area contributed by atoms with Crippen molar-refractivity contribution >= 4 is 34.6 Å². The van der Waals surface area contributed by atoms with Gasteiger partial charge in [-0.3, -0.25) is 14.4 Å². The highest BCUT2D eigenvalue weighted by atomic mass is 32.2. The fourth-order valence-electron chi connectivity index (χ4n) is 5.56. The molecule has 0 spiro atoms. The Balaban J connectivity index is 1.19. The van der Waals surface area contributed by atoms with Crippen LogP contribution in [0.15, 0.2) is 80.1 Å². The summed E-state index contributed by atoms with van der Waals surface area (Å²) in [6.45, 7) is 5.64. The molecule has 0 radical (unpaired) electrons. The smallest absolute Gasteiger partial charge is 0.326 e. The third-order valence-electron chi connectivity index (χ3n) is 7.65. The summed E-state index contributed by atoms with van der Waals surface area (Å²) in [5.74, 6) is 0.912. The van der Waals surface area contributed by atoms with E-state index in [-0.39, 0.29) is 5.69 Å². The van der Waals surface area contributed by atoms with Crippen molar-refractivity contribution in [3.8, 4) is 5.75 Å². The molecule has 37 heavy (non-hydrogen) atoms. The number of aromatic nitrogens is 2. The van der Waals surface area contributed by atoms with Gasteiger partial charge in [0.05, 0.1) is 18.1 Å². The Morgan fingerprint density at radius 2 is 1.84 bits per heavy atom. The van der Waals surface area contributed by atoms with Crippen molar-refractivity contribution in [2.45, 2.75) is 33.7 Å². The quantitative estimate of drug-likeness (QED) is 0.348. The van der Waals surface area contributed by atoms with Crippen LogP contribution >= 0.6 is 23.5 Å². The second-order valence-electron chi connectivity index (χ2n) is 9.68. The number of piperazine rings is 1. The fourth-order valence-corrected chi connectivity index (χ4v) is 7.16. The first-order valence-corrected chi connectivity index (χ1v) is 14.8. The number of para-hydroxylation sites is 2. The highest BCUT2D eigenvalue weighted by Gasteiger charge is 2.30. The number of aromatic amines is 1. The van der Waals surface area contributed by atoms with Gasteiger partial charge in [0, 0.05) is 60.0 Å². The van der Waals surface area contributed by atoms with Gasteiger partial charge >= 0.3 is 5.69 Å². The second-order valence-corrected chi connectivity index (χ2v) is 11.6. The lowest BCUT2D eigenvalue weighted by Gasteiger charge is -2.39. The number of nitrogens with zero attached hydrogens (tertiary/aromatic N) is 3. The summed E-state index contributed by atoms with van der Waals surface area (Å²) in [6, 6.07) is 21.7. The summed E-state index contributed by atoms with van der Waals surface area (Å²) in [5, 5.41) is 0. The molecule has 0 aliphatic carbocycles. The number of benzene rings is 3. The Hall–Kier alpha value is -2.65. The van der Waals surface area contributed by atoms with E-state index >= 15 is 0 Å². The minimum Gasteiger partial charge on any atom is -0.497 e. The Labute approximate surface area is 226 Å². The Morgan fingerprint density at radius 3 is 2.65 bits per heavy atom.